The number of amides is 1. The number of carboxylic acid groups (broad SMARTS) is 1. The molecule has 1 amide bonds. The fourth-order valence-electron chi connectivity index (χ4n) is 1.27. The first-order valence-electron chi connectivity index (χ1n) is 5.91. The summed E-state index contributed by atoms with van der Waals surface area (Å²) in [5, 5.41) is 41.1. The lowest BCUT2D eigenvalue weighted by Gasteiger charge is -2.33. The molecule has 0 aliphatic carbocycles. The van der Waals surface area contributed by atoms with Gasteiger partial charge in [0.2, 0.25) is 5.91 Å². The van der Waals surface area contributed by atoms with E-state index in [1.54, 1.807) is 0 Å². The minimum Gasteiger partial charge on any atom is -0.547 e. The van der Waals surface area contributed by atoms with Crippen molar-refractivity contribution in [3.63, 3.8) is 0 Å². The van der Waals surface area contributed by atoms with Gasteiger partial charge in [0, 0.05) is 17.4 Å². The monoisotopic (exact) mass is 276 g/mol. The van der Waals surface area contributed by atoms with Crippen molar-refractivity contribution in [3.05, 3.63) is 0 Å². The topological polar surface area (TPSA) is 130 Å². The summed E-state index contributed by atoms with van der Waals surface area (Å²) in [7, 11) is 0. The number of carbonyl (C=O) groups is 2. The molecule has 0 saturated heterocycles. The molecular formula is C12H22NO6-. The highest BCUT2D eigenvalue weighted by atomic mass is 16.4. The van der Waals surface area contributed by atoms with E-state index in [1.807, 2.05) is 0 Å². The van der Waals surface area contributed by atoms with Crippen molar-refractivity contribution >= 4 is 11.9 Å². The fraction of sp³-hybridized carbons (Fsp3) is 0.833. The van der Waals surface area contributed by atoms with Crippen LogP contribution in [-0.2, 0) is 9.59 Å². The first-order chi connectivity index (χ1) is 8.45. The van der Waals surface area contributed by atoms with E-state index in [-0.39, 0.29) is 13.2 Å². The minimum atomic E-state index is -1.74. The maximum atomic E-state index is 11.7. The SMILES string of the molecule is CC(C)(CNC(=O)[C@H](O)C(C)(C)CO)[C@H](O)C(=O)[O-]. The van der Waals surface area contributed by atoms with Gasteiger partial charge < -0.3 is 30.5 Å². The Morgan fingerprint density at radius 1 is 1.11 bits per heavy atom. The Morgan fingerprint density at radius 2 is 1.58 bits per heavy atom. The van der Waals surface area contributed by atoms with Crippen LogP contribution in [-0.4, -0.2) is 52.6 Å². The van der Waals surface area contributed by atoms with Gasteiger partial charge in [-0.2, -0.15) is 0 Å². The number of aliphatic carboxylic acids is 1. The predicted octanol–water partition coefficient (Wildman–Crippen LogP) is -2.38. The molecule has 7 heteroatoms. The standard InChI is InChI=1S/C12H23NO6/c1-11(2,8(16)10(18)19)5-13-9(17)7(15)12(3,4)6-14/h7-8,14-16H,5-6H2,1-4H3,(H,13,17)(H,18,19)/p-1/t7-,8+/m0/s1. The molecule has 0 unspecified atom stereocenters. The third-order valence-corrected chi connectivity index (χ3v) is 3.08. The highest BCUT2D eigenvalue weighted by molar-refractivity contribution is 5.81. The van der Waals surface area contributed by atoms with Gasteiger partial charge in [-0.3, -0.25) is 4.79 Å². The number of aliphatic hydroxyl groups is 3. The van der Waals surface area contributed by atoms with E-state index in [2.05, 4.69) is 5.32 Å². The van der Waals surface area contributed by atoms with Gasteiger partial charge >= 0.3 is 0 Å². The molecule has 0 aliphatic rings. The van der Waals surface area contributed by atoms with Crippen LogP contribution >= 0.6 is 0 Å². The molecule has 0 heterocycles. The van der Waals surface area contributed by atoms with E-state index in [9.17, 15) is 24.9 Å². The summed E-state index contributed by atoms with van der Waals surface area (Å²) in [5.41, 5.74) is -2.15. The second-order valence-corrected chi connectivity index (χ2v) is 5.98. The van der Waals surface area contributed by atoms with E-state index < -0.39 is 34.9 Å². The molecule has 0 rings (SSSR count). The molecule has 0 radical (unpaired) electrons. The van der Waals surface area contributed by atoms with Crippen LogP contribution in [0.25, 0.3) is 0 Å². The zero-order chi connectivity index (χ0) is 15.4. The predicted molar refractivity (Wildman–Crippen MR) is 64.7 cm³/mol. The molecule has 2 atom stereocenters. The zero-order valence-corrected chi connectivity index (χ0v) is 11.6. The summed E-state index contributed by atoms with van der Waals surface area (Å²) < 4.78 is 0. The van der Waals surface area contributed by atoms with Crippen molar-refractivity contribution < 1.29 is 30.0 Å². The molecule has 0 bridgehead atoms. The summed E-state index contributed by atoms with van der Waals surface area (Å²) in [6.07, 6.45) is -3.18. The third-order valence-electron chi connectivity index (χ3n) is 3.08. The van der Waals surface area contributed by atoms with Gasteiger partial charge in [-0.05, 0) is 0 Å². The number of aliphatic hydroxyl groups excluding tert-OH is 3. The van der Waals surface area contributed by atoms with Crippen LogP contribution in [0.4, 0.5) is 0 Å². The van der Waals surface area contributed by atoms with Crippen molar-refractivity contribution in [1.82, 2.24) is 5.32 Å². The van der Waals surface area contributed by atoms with Crippen LogP contribution < -0.4 is 10.4 Å². The Balaban J connectivity index is 4.57. The lowest BCUT2D eigenvalue weighted by atomic mass is 9.85. The first kappa shape index (κ1) is 17.8. The van der Waals surface area contributed by atoms with Gasteiger partial charge in [0.15, 0.2) is 0 Å². The van der Waals surface area contributed by atoms with Gasteiger partial charge in [0.1, 0.15) is 12.2 Å². The average Bonchev–Trinajstić information content (AvgIpc) is 2.33. The van der Waals surface area contributed by atoms with E-state index in [1.165, 1.54) is 27.7 Å². The summed E-state index contributed by atoms with van der Waals surface area (Å²) in [6.45, 7) is 5.37. The van der Waals surface area contributed by atoms with E-state index in [0.717, 1.165) is 0 Å². The molecular weight excluding hydrogens is 254 g/mol. The Labute approximate surface area is 112 Å². The van der Waals surface area contributed by atoms with Crippen LogP contribution in [0.2, 0.25) is 0 Å². The van der Waals surface area contributed by atoms with Crippen molar-refractivity contribution in [1.29, 1.82) is 0 Å². The highest BCUT2D eigenvalue weighted by Crippen LogP contribution is 2.22. The van der Waals surface area contributed by atoms with Crippen LogP contribution in [0.5, 0.6) is 0 Å². The van der Waals surface area contributed by atoms with Crippen LogP contribution in [0.15, 0.2) is 0 Å². The van der Waals surface area contributed by atoms with E-state index in [0.29, 0.717) is 0 Å². The Kier molecular flexibility index (Phi) is 5.92. The average molecular weight is 276 g/mol. The number of hydrogen-bond acceptors (Lipinski definition) is 6. The number of hydrogen-bond donors (Lipinski definition) is 4. The van der Waals surface area contributed by atoms with Gasteiger partial charge in [-0.25, -0.2) is 0 Å². The second-order valence-electron chi connectivity index (χ2n) is 5.98. The van der Waals surface area contributed by atoms with Gasteiger partial charge in [0.25, 0.3) is 0 Å². The van der Waals surface area contributed by atoms with Crippen molar-refractivity contribution in [3.8, 4) is 0 Å². The largest absolute Gasteiger partial charge is 0.547 e. The van der Waals surface area contributed by atoms with Crippen LogP contribution in [0.3, 0.4) is 0 Å². The number of rotatable bonds is 7. The van der Waals surface area contributed by atoms with Crippen LogP contribution in [0, 0.1) is 10.8 Å². The first-order valence-corrected chi connectivity index (χ1v) is 5.91. The smallest absolute Gasteiger partial charge is 0.249 e. The quantitative estimate of drug-likeness (QED) is 0.411. The summed E-state index contributed by atoms with van der Waals surface area (Å²) >= 11 is 0. The molecule has 0 fully saturated rings. The highest BCUT2D eigenvalue weighted by Gasteiger charge is 2.35. The maximum absolute atomic E-state index is 11.7. The summed E-state index contributed by atoms with van der Waals surface area (Å²) in [4.78, 5) is 22.2. The molecule has 0 aromatic rings. The molecule has 0 aromatic heterocycles. The van der Waals surface area contributed by atoms with Gasteiger partial charge in [-0.15, -0.1) is 0 Å². The lowest BCUT2D eigenvalue weighted by Crippen LogP contribution is -2.52. The maximum Gasteiger partial charge on any atom is 0.249 e. The number of carboxylic acids is 1. The zero-order valence-electron chi connectivity index (χ0n) is 11.6. The van der Waals surface area contributed by atoms with E-state index >= 15 is 0 Å². The normalized spacial score (nSPS) is 15.7. The molecule has 0 aromatic carbocycles. The third kappa shape index (κ3) is 4.77. The summed E-state index contributed by atoms with van der Waals surface area (Å²) in [5.74, 6) is -2.37. The second kappa shape index (κ2) is 6.31. The molecule has 0 aliphatic heterocycles. The number of carbonyl (C=O) groups excluding carboxylic acids is 2. The van der Waals surface area contributed by atoms with Crippen molar-refractivity contribution in [2.45, 2.75) is 39.9 Å². The van der Waals surface area contributed by atoms with Crippen molar-refractivity contribution in [2.75, 3.05) is 13.2 Å². The summed E-state index contributed by atoms with van der Waals surface area (Å²) in [6, 6.07) is 0. The van der Waals surface area contributed by atoms with E-state index in [4.69, 9.17) is 5.11 Å². The molecule has 112 valence electrons. The molecule has 19 heavy (non-hydrogen) atoms. The molecule has 7 nitrogen and oxygen atoms in total. The van der Waals surface area contributed by atoms with Crippen molar-refractivity contribution in [2.24, 2.45) is 10.8 Å². The number of nitrogens with one attached hydrogen (secondary N) is 1. The van der Waals surface area contributed by atoms with Crippen LogP contribution in [0.1, 0.15) is 27.7 Å². The minimum absolute atomic E-state index is 0.153. The Morgan fingerprint density at radius 3 is 1.95 bits per heavy atom. The molecule has 4 N–H and O–H groups in total. The lowest BCUT2D eigenvalue weighted by molar-refractivity contribution is -0.319. The molecule has 0 spiro atoms. The molecule has 0 saturated carbocycles. The Hall–Kier alpha value is -1.18. The fourth-order valence-corrected chi connectivity index (χ4v) is 1.27. The Bertz CT molecular complexity index is 339. The van der Waals surface area contributed by atoms with Gasteiger partial charge in [0.05, 0.1) is 12.6 Å². The van der Waals surface area contributed by atoms with Gasteiger partial charge in [-0.1, -0.05) is 27.7 Å².